The summed E-state index contributed by atoms with van der Waals surface area (Å²) in [7, 11) is 0. The van der Waals surface area contributed by atoms with Gasteiger partial charge in [-0.25, -0.2) is 8.78 Å². The highest BCUT2D eigenvalue weighted by atomic mass is 79.9. The van der Waals surface area contributed by atoms with E-state index in [1.807, 2.05) is 24.3 Å². The Labute approximate surface area is 123 Å². The standard InChI is InChI=1S/C15H12BrF2NO/c1-9(10-2-4-12(16)5-3-10)19-15(20)11-6-13(17)8-14(18)7-11/h2-9H,1H3,(H,19,20)/t9-/m1/s1. The van der Waals surface area contributed by atoms with Crippen LogP contribution < -0.4 is 5.32 Å². The average Bonchev–Trinajstić information content (AvgIpc) is 2.38. The highest BCUT2D eigenvalue weighted by Crippen LogP contribution is 2.17. The summed E-state index contributed by atoms with van der Waals surface area (Å²) in [5, 5.41) is 2.70. The van der Waals surface area contributed by atoms with Crippen molar-refractivity contribution in [2.45, 2.75) is 13.0 Å². The summed E-state index contributed by atoms with van der Waals surface area (Å²) >= 11 is 3.33. The molecular formula is C15H12BrF2NO. The SMILES string of the molecule is C[C@@H](NC(=O)c1cc(F)cc(F)c1)c1ccc(Br)cc1. The Bertz CT molecular complexity index is 608. The second kappa shape index (κ2) is 6.13. The molecule has 0 bridgehead atoms. The summed E-state index contributed by atoms with van der Waals surface area (Å²) < 4.78 is 27.1. The molecule has 0 aliphatic heterocycles. The van der Waals surface area contributed by atoms with Crippen LogP contribution >= 0.6 is 15.9 Å². The molecule has 1 atom stereocenters. The maximum absolute atomic E-state index is 13.1. The van der Waals surface area contributed by atoms with E-state index in [1.54, 1.807) is 6.92 Å². The smallest absolute Gasteiger partial charge is 0.251 e. The lowest BCUT2D eigenvalue weighted by atomic mass is 10.1. The molecule has 0 heterocycles. The molecule has 0 unspecified atom stereocenters. The first-order valence-corrected chi connectivity index (χ1v) is 6.77. The van der Waals surface area contributed by atoms with E-state index in [0.717, 1.165) is 28.2 Å². The van der Waals surface area contributed by atoms with Crippen molar-refractivity contribution in [3.63, 3.8) is 0 Å². The third kappa shape index (κ3) is 3.63. The van der Waals surface area contributed by atoms with Gasteiger partial charge in [-0.3, -0.25) is 4.79 Å². The molecule has 0 fully saturated rings. The minimum absolute atomic E-state index is 0.0357. The lowest BCUT2D eigenvalue weighted by molar-refractivity contribution is 0.0939. The molecule has 0 aliphatic rings. The first-order chi connectivity index (χ1) is 9.45. The second-order valence-electron chi connectivity index (χ2n) is 4.40. The number of nitrogens with one attached hydrogen (secondary N) is 1. The molecule has 0 saturated carbocycles. The summed E-state index contributed by atoms with van der Waals surface area (Å²) in [6, 6.07) is 9.93. The normalized spacial score (nSPS) is 12.0. The van der Waals surface area contributed by atoms with Crippen molar-refractivity contribution in [3.05, 3.63) is 69.7 Å². The van der Waals surface area contributed by atoms with E-state index in [1.165, 1.54) is 0 Å². The number of carbonyl (C=O) groups is 1. The Morgan fingerprint density at radius 3 is 2.20 bits per heavy atom. The van der Waals surface area contributed by atoms with Gasteiger partial charge in [-0.05, 0) is 36.8 Å². The van der Waals surface area contributed by atoms with E-state index in [-0.39, 0.29) is 11.6 Å². The van der Waals surface area contributed by atoms with Crippen molar-refractivity contribution in [3.8, 4) is 0 Å². The first-order valence-electron chi connectivity index (χ1n) is 5.98. The van der Waals surface area contributed by atoms with E-state index >= 15 is 0 Å². The van der Waals surface area contributed by atoms with Crippen molar-refractivity contribution in [2.24, 2.45) is 0 Å². The van der Waals surface area contributed by atoms with E-state index in [2.05, 4.69) is 21.2 Å². The number of carbonyl (C=O) groups excluding carboxylic acids is 1. The molecule has 20 heavy (non-hydrogen) atoms. The lowest BCUT2D eigenvalue weighted by Crippen LogP contribution is -2.26. The van der Waals surface area contributed by atoms with Crippen LogP contribution in [0.4, 0.5) is 8.78 Å². The van der Waals surface area contributed by atoms with Crippen molar-refractivity contribution >= 4 is 21.8 Å². The Morgan fingerprint density at radius 1 is 1.10 bits per heavy atom. The number of amides is 1. The van der Waals surface area contributed by atoms with Gasteiger partial charge in [-0.1, -0.05) is 28.1 Å². The lowest BCUT2D eigenvalue weighted by Gasteiger charge is -2.14. The molecule has 0 saturated heterocycles. The summed E-state index contributed by atoms with van der Waals surface area (Å²) in [4.78, 5) is 11.9. The molecule has 1 N–H and O–H groups in total. The van der Waals surface area contributed by atoms with Crippen LogP contribution in [0.2, 0.25) is 0 Å². The highest BCUT2D eigenvalue weighted by Gasteiger charge is 2.13. The van der Waals surface area contributed by atoms with Crippen LogP contribution in [0.5, 0.6) is 0 Å². The van der Waals surface area contributed by atoms with Gasteiger partial charge in [-0.15, -0.1) is 0 Å². The van der Waals surface area contributed by atoms with Crippen LogP contribution in [-0.4, -0.2) is 5.91 Å². The number of halogens is 3. The summed E-state index contributed by atoms with van der Waals surface area (Å²) in [6.07, 6.45) is 0. The Balaban J connectivity index is 2.12. The van der Waals surface area contributed by atoms with Crippen LogP contribution in [0.3, 0.4) is 0 Å². The fraction of sp³-hybridized carbons (Fsp3) is 0.133. The molecule has 2 aromatic carbocycles. The first kappa shape index (κ1) is 14.7. The zero-order chi connectivity index (χ0) is 14.7. The summed E-state index contributed by atoms with van der Waals surface area (Å²) in [5.41, 5.74) is 0.866. The van der Waals surface area contributed by atoms with Gasteiger partial charge in [0.1, 0.15) is 11.6 Å². The molecule has 0 aromatic heterocycles. The monoisotopic (exact) mass is 339 g/mol. The van der Waals surface area contributed by atoms with Crippen LogP contribution in [0.25, 0.3) is 0 Å². The zero-order valence-corrected chi connectivity index (χ0v) is 12.2. The Morgan fingerprint density at radius 2 is 1.65 bits per heavy atom. The van der Waals surface area contributed by atoms with Gasteiger partial charge < -0.3 is 5.32 Å². The zero-order valence-electron chi connectivity index (χ0n) is 10.7. The van der Waals surface area contributed by atoms with Gasteiger partial charge in [-0.2, -0.15) is 0 Å². The largest absolute Gasteiger partial charge is 0.346 e. The fourth-order valence-corrected chi connectivity index (χ4v) is 2.06. The van der Waals surface area contributed by atoms with Gasteiger partial charge in [0.25, 0.3) is 5.91 Å². The molecular weight excluding hydrogens is 328 g/mol. The predicted octanol–water partition coefficient (Wildman–Crippen LogP) is 4.22. The third-order valence-corrected chi connectivity index (χ3v) is 3.37. The molecule has 104 valence electrons. The van der Waals surface area contributed by atoms with Crippen molar-refractivity contribution in [1.82, 2.24) is 5.32 Å². The van der Waals surface area contributed by atoms with Crippen LogP contribution in [0.15, 0.2) is 46.9 Å². The van der Waals surface area contributed by atoms with Gasteiger partial charge in [0.05, 0.1) is 6.04 Å². The maximum Gasteiger partial charge on any atom is 0.251 e. The van der Waals surface area contributed by atoms with Crippen molar-refractivity contribution in [2.75, 3.05) is 0 Å². The second-order valence-corrected chi connectivity index (χ2v) is 5.32. The van der Waals surface area contributed by atoms with E-state index in [0.29, 0.717) is 0 Å². The van der Waals surface area contributed by atoms with Crippen LogP contribution in [0.1, 0.15) is 28.9 Å². The molecule has 2 rings (SSSR count). The maximum atomic E-state index is 13.1. The fourth-order valence-electron chi connectivity index (χ4n) is 1.80. The van der Waals surface area contributed by atoms with Gasteiger partial charge >= 0.3 is 0 Å². The van der Waals surface area contributed by atoms with E-state index < -0.39 is 17.5 Å². The molecule has 2 nitrogen and oxygen atoms in total. The Kier molecular flexibility index (Phi) is 4.49. The van der Waals surface area contributed by atoms with E-state index in [4.69, 9.17) is 0 Å². The molecule has 5 heteroatoms. The third-order valence-electron chi connectivity index (χ3n) is 2.84. The topological polar surface area (TPSA) is 29.1 Å². The highest BCUT2D eigenvalue weighted by molar-refractivity contribution is 9.10. The van der Waals surface area contributed by atoms with E-state index in [9.17, 15) is 13.6 Å². The quantitative estimate of drug-likeness (QED) is 0.891. The molecule has 0 radical (unpaired) electrons. The number of hydrogen-bond acceptors (Lipinski definition) is 1. The molecule has 0 aliphatic carbocycles. The molecule has 1 amide bonds. The van der Waals surface area contributed by atoms with Crippen LogP contribution in [-0.2, 0) is 0 Å². The molecule has 0 spiro atoms. The number of rotatable bonds is 3. The minimum Gasteiger partial charge on any atom is -0.346 e. The summed E-state index contributed by atoms with van der Waals surface area (Å²) in [6.45, 7) is 1.80. The van der Waals surface area contributed by atoms with Gasteiger partial charge in [0.15, 0.2) is 0 Å². The molecule has 2 aromatic rings. The number of hydrogen-bond donors (Lipinski definition) is 1. The van der Waals surface area contributed by atoms with Crippen molar-refractivity contribution < 1.29 is 13.6 Å². The number of benzene rings is 2. The minimum atomic E-state index is -0.772. The van der Waals surface area contributed by atoms with Gasteiger partial charge in [0.2, 0.25) is 0 Å². The predicted molar refractivity (Wildman–Crippen MR) is 76.4 cm³/mol. The van der Waals surface area contributed by atoms with Crippen LogP contribution in [0, 0.1) is 11.6 Å². The summed E-state index contributed by atoms with van der Waals surface area (Å²) in [5.74, 6) is -2.06. The van der Waals surface area contributed by atoms with Gasteiger partial charge in [0, 0.05) is 16.1 Å². The Hall–Kier alpha value is -1.75. The van der Waals surface area contributed by atoms with Crippen molar-refractivity contribution in [1.29, 1.82) is 0 Å². The average molecular weight is 340 g/mol.